The summed E-state index contributed by atoms with van der Waals surface area (Å²) in [4.78, 5) is 11.4. The van der Waals surface area contributed by atoms with Gasteiger partial charge in [0.05, 0.1) is 12.2 Å². The van der Waals surface area contributed by atoms with Gasteiger partial charge in [0, 0.05) is 6.42 Å². The summed E-state index contributed by atoms with van der Waals surface area (Å²) < 4.78 is 0. The first-order valence-corrected chi connectivity index (χ1v) is 12.2. The Labute approximate surface area is 176 Å². The van der Waals surface area contributed by atoms with Crippen LogP contribution in [0.4, 0.5) is 0 Å². The first kappa shape index (κ1) is 21.6. The summed E-state index contributed by atoms with van der Waals surface area (Å²) >= 11 is 0. The fourth-order valence-electron chi connectivity index (χ4n) is 9.35. The summed E-state index contributed by atoms with van der Waals surface area (Å²) in [6.45, 7) is 9.23. The Morgan fingerprint density at radius 3 is 2.31 bits per heavy atom. The molecule has 0 saturated heterocycles. The van der Waals surface area contributed by atoms with E-state index in [1.165, 1.54) is 6.42 Å². The highest BCUT2D eigenvalue weighted by molar-refractivity contribution is 5.67. The van der Waals surface area contributed by atoms with E-state index in [0.717, 1.165) is 44.9 Å². The second kappa shape index (κ2) is 7.51. The van der Waals surface area contributed by atoms with Gasteiger partial charge in [-0.3, -0.25) is 4.79 Å². The van der Waals surface area contributed by atoms with Crippen LogP contribution in [0.25, 0.3) is 0 Å². The van der Waals surface area contributed by atoms with Gasteiger partial charge in [0.1, 0.15) is 0 Å². The average molecular weight is 407 g/mol. The quantitative estimate of drug-likeness (QED) is 0.631. The molecule has 0 aliphatic heterocycles. The summed E-state index contributed by atoms with van der Waals surface area (Å²) in [7, 11) is 0. The minimum absolute atomic E-state index is 0.159. The topological polar surface area (TPSA) is 77.8 Å². The van der Waals surface area contributed by atoms with E-state index >= 15 is 0 Å². The van der Waals surface area contributed by atoms with E-state index in [-0.39, 0.29) is 41.3 Å². The Kier molecular flexibility index (Phi) is 5.60. The standard InChI is InChI=1S/C25H42O4/c1-5-16-20-13-15(26)8-10-25(20,4)19-9-11-24(3)17(14(2)12-21(27)28)6-7-18(24)22(19)23(16)29/h14-20,22-23,26,29H,5-13H2,1-4H3,(H,27,28)/t14-,15-,16-,17-,18?,19?,20?,22?,23-,24-,25-/m1/s1. The number of rotatable bonds is 4. The third-order valence-corrected chi connectivity index (χ3v) is 10.6. The van der Waals surface area contributed by atoms with E-state index in [1.54, 1.807) is 0 Å². The number of hydrogen-bond acceptors (Lipinski definition) is 3. The molecule has 166 valence electrons. The van der Waals surface area contributed by atoms with Crippen molar-refractivity contribution < 1.29 is 20.1 Å². The molecule has 29 heavy (non-hydrogen) atoms. The molecule has 11 atom stereocenters. The third kappa shape index (κ3) is 3.19. The van der Waals surface area contributed by atoms with Gasteiger partial charge in [0.25, 0.3) is 0 Å². The fourth-order valence-corrected chi connectivity index (χ4v) is 9.35. The molecule has 0 spiro atoms. The zero-order chi connectivity index (χ0) is 21.1. The fraction of sp³-hybridized carbons (Fsp3) is 0.960. The summed E-state index contributed by atoms with van der Waals surface area (Å²) in [6.07, 6.45) is 8.21. The number of aliphatic hydroxyl groups is 2. The van der Waals surface area contributed by atoms with Gasteiger partial charge < -0.3 is 15.3 Å². The van der Waals surface area contributed by atoms with Crippen molar-refractivity contribution in [1.29, 1.82) is 0 Å². The second-order valence-corrected chi connectivity index (χ2v) is 11.7. The van der Waals surface area contributed by atoms with Gasteiger partial charge in [-0.05, 0) is 97.2 Å². The lowest BCUT2D eigenvalue weighted by Crippen LogP contribution is -2.62. The van der Waals surface area contributed by atoms with Crippen LogP contribution in [0.3, 0.4) is 0 Å². The van der Waals surface area contributed by atoms with Crippen molar-refractivity contribution in [2.75, 3.05) is 0 Å². The van der Waals surface area contributed by atoms with Crippen LogP contribution in [0.5, 0.6) is 0 Å². The third-order valence-electron chi connectivity index (χ3n) is 10.6. The normalized spacial score (nSPS) is 52.9. The first-order chi connectivity index (χ1) is 13.6. The van der Waals surface area contributed by atoms with Gasteiger partial charge >= 0.3 is 5.97 Å². The highest BCUT2D eigenvalue weighted by Gasteiger charge is 2.64. The Bertz CT molecular complexity index is 634. The van der Waals surface area contributed by atoms with Gasteiger partial charge in [0.15, 0.2) is 0 Å². The van der Waals surface area contributed by atoms with Crippen LogP contribution in [0, 0.1) is 52.3 Å². The van der Waals surface area contributed by atoms with Crippen molar-refractivity contribution in [1.82, 2.24) is 0 Å². The molecular formula is C25H42O4. The van der Waals surface area contributed by atoms with E-state index in [0.29, 0.717) is 29.6 Å². The lowest BCUT2D eigenvalue weighted by Gasteiger charge is -2.64. The van der Waals surface area contributed by atoms with Crippen molar-refractivity contribution in [3.05, 3.63) is 0 Å². The molecule has 0 bridgehead atoms. The number of carboxylic acids is 1. The molecule has 4 aliphatic rings. The summed E-state index contributed by atoms with van der Waals surface area (Å²) in [5, 5.41) is 31.4. The Balaban J connectivity index is 1.66. The number of hydrogen-bond donors (Lipinski definition) is 3. The molecule has 0 amide bonds. The van der Waals surface area contributed by atoms with Crippen molar-refractivity contribution >= 4 is 5.97 Å². The molecule has 0 aromatic heterocycles. The molecule has 4 fully saturated rings. The first-order valence-electron chi connectivity index (χ1n) is 12.2. The summed E-state index contributed by atoms with van der Waals surface area (Å²) in [5.74, 6) is 2.09. The van der Waals surface area contributed by atoms with Crippen molar-refractivity contribution in [3.63, 3.8) is 0 Å². The van der Waals surface area contributed by atoms with Crippen LogP contribution in [-0.2, 0) is 4.79 Å². The smallest absolute Gasteiger partial charge is 0.303 e. The molecule has 0 heterocycles. The zero-order valence-corrected chi connectivity index (χ0v) is 18.8. The van der Waals surface area contributed by atoms with Gasteiger partial charge in [-0.15, -0.1) is 0 Å². The zero-order valence-electron chi connectivity index (χ0n) is 18.8. The molecule has 0 radical (unpaired) electrons. The number of carbonyl (C=O) groups is 1. The van der Waals surface area contributed by atoms with Gasteiger partial charge in [0.2, 0.25) is 0 Å². The molecule has 4 aliphatic carbocycles. The van der Waals surface area contributed by atoms with Crippen molar-refractivity contribution in [3.8, 4) is 0 Å². The molecule has 0 aromatic rings. The second-order valence-electron chi connectivity index (χ2n) is 11.7. The van der Waals surface area contributed by atoms with E-state index < -0.39 is 5.97 Å². The average Bonchev–Trinajstić information content (AvgIpc) is 3.00. The van der Waals surface area contributed by atoms with Crippen LogP contribution in [0.2, 0.25) is 0 Å². The maximum atomic E-state index is 11.7. The van der Waals surface area contributed by atoms with E-state index in [2.05, 4.69) is 27.7 Å². The molecular weight excluding hydrogens is 364 g/mol. The van der Waals surface area contributed by atoms with Crippen LogP contribution < -0.4 is 0 Å². The summed E-state index contributed by atoms with van der Waals surface area (Å²) in [5.41, 5.74) is 0.391. The molecule has 4 heteroatoms. The molecule has 3 N–H and O–H groups in total. The molecule has 4 rings (SSSR count). The predicted octanol–water partition coefficient (Wildman–Crippen LogP) is 4.72. The van der Waals surface area contributed by atoms with Crippen molar-refractivity contribution in [2.45, 2.75) is 97.7 Å². The van der Waals surface area contributed by atoms with E-state index in [9.17, 15) is 20.1 Å². The minimum Gasteiger partial charge on any atom is -0.481 e. The maximum absolute atomic E-state index is 11.7. The van der Waals surface area contributed by atoms with Crippen molar-refractivity contribution in [2.24, 2.45) is 52.3 Å². The monoisotopic (exact) mass is 406 g/mol. The van der Waals surface area contributed by atoms with Crippen LogP contribution in [0.15, 0.2) is 0 Å². The van der Waals surface area contributed by atoms with Crippen LogP contribution in [0.1, 0.15) is 85.5 Å². The van der Waals surface area contributed by atoms with Gasteiger partial charge in [-0.1, -0.05) is 34.1 Å². The Hall–Kier alpha value is -0.610. The number of aliphatic hydroxyl groups excluding tert-OH is 2. The lowest BCUT2D eigenvalue weighted by atomic mass is 9.41. The Morgan fingerprint density at radius 1 is 1.00 bits per heavy atom. The van der Waals surface area contributed by atoms with Gasteiger partial charge in [-0.2, -0.15) is 0 Å². The number of carboxylic acid groups (broad SMARTS) is 1. The Morgan fingerprint density at radius 2 is 1.66 bits per heavy atom. The molecule has 4 nitrogen and oxygen atoms in total. The SMILES string of the molecule is CC[C@@H]1C2C[C@H](O)CC[C@]2(C)C2CC[C@@]3(C)C(CC[C@@H]3[C@H](C)CC(=O)O)C2[C@@H]1O. The summed E-state index contributed by atoms with van der Waals surface area (Å²) in [6, 6.07) is 0. The number of aliphatic carboxylic acids is 1. The molecule has 4 saturated carbocycles. The minimum atomic E-state index is -0.682. The largest absolute Gasteiger partial charge is 0.481 e. The van der Waals surface area contributed by atoms with Gasteiger partial charge in [-0.25, -0.2) is 0 Å². The van der Waals surface area contributed by atoms with E-state index in [1.807, 2.05) is 0 Å². The highest BCUT2D eigenvalue weighted by Crippen LogP contribution is 2.69. The van der Waals surface area contributed by atoms with Crippen LogP contribution >= 0.6 is 0 Å². The highest BCUT2D eigenvalue weighted by atomic mass is 16.4. The number of fused-ring (bicyclic) bond motifs is 5. The lowest BCUT2D eigenvalue weighted by molar-refractivity contribution is -0.203. The molecule has 0 aromatic carbocycles. The van der Waals surface area contributed by atoms with E-state index in [4.69, 9.17) is 0 Å². The predicted molar refractivity (Wildman–Crippen MR) is 113 cm³/mol. The maximum Gasteiger partial charge on any atom is 0.303 e. The molecule has 4 unspecified atom stereocenters. The van der Waals surface area contributed by atoms with Crippen LogP contribution in [-0.4, -0.2) is 33.5 Å².